The van der Waals surface area contributed by atoms with Crippen LogP contribution in [-0.4, -0.2) is 6.61 Å². The largest absolute Gasteiger partial charge is 0.494 e. The van der Waals surface area contributed by atoms with Gasteiger partial charge < -0.3 is 4.74 Å². The third-order valence-corrected chi connectivity index (χ3v) is 1.71. The molecule has 0 bridgehead atoms. The zero-order valence-electron chi connectivity index (χ0n) is 8.06. The first-order valence-electron chi connectivity index (χ1n) is 4.29. The maximum absolute atomic E-state index is 12.4. The molecule has 0 aliphatic carbocycles. The van der Waals surface area contributed by atoms with Crippen LogP contribution in [-0.2, 0) is 6.18 Å². The fraction of sp³-hybridized carbons (Fsp3) is 0.273. The van der Waals surface area contributed by atoms with Crippen molar-refractivity contribution >= 4 is 0 Å². The Bertz CT molecular complexity index is 388. The van der Waals surface area contributed by atoms with Gasteiger partial charge in [-0.1, -0.05) is 5.92 Å². The van der Waals surface area contributed by atoms with Gasteiger partial charge in [-0.15, -0.1) is 6.42 Å². The molecule has 0 N–H and O–H groups in total. The van der Waals surface area contributed by atoms with Crippen LogP contribution in [0.2, 0.25) is 0 Å². The van der Waals surface area contributed by atoms with Crippen molar-refractivity contribution in [2.75, 3.05) is 6.61 Å². The number of terminal acetylenes is 1. The van der Waals surface area contributed by atoms with E-state index < -0.39 is 11.7 Å². The smallest absolute Gasteiger partial charge is 0.416 e. The highest BCUT2D eigenvalue weighted by Gasteiger charge is 2.31. The lowest BCUT2D eigenvalue weighted by molar-refractivity contribution is -0.137. The van der Waals surface area contributed by atoms with E-state index in [2.05, 4.69) is 5.92 Å². The van der Waals surface area contributed by atoms with E-state index in [0.29, 0.717) is 6.61 Å². The van der Waals surface area contributed by atoms with Crippen LogP contribution in [0.25, 0.3) is 0 Å². The van der Waals surface area contributed by atoms with Gasteiger partial charge >= 0.3 is 6.18 Å². The molecule has 1 rings (SSSR count). The van der Waals surface area contributed by atoms with Crippen molar-refractivity contribution in [3.05, 3.63) is 29.3 Å². The molecule has 0 heterocycles. The molecule has 0 saturated carbocycles. The van der Waals surface area contributed by atoms with Crippen molar-refractivity contribution in [1.82, 2.24) is 0 Å². The third-order valence-electron chi connectivity index (χ3n) is 1.71. The Hall–Kier alpha value is -1.63. The molecule has 0 aromatic heterocycles. The lowest BCUT2D eigenvalue weighted by atomic mass is 10.1. The zero-order valence-corrected chi connectivity index (χ0v) is 8.06. The molecule has 15 heavy (non-hydrogen) atoms. The number of hydrogen-bond donors (Lipinski definition) is 0. The summed E-state index contributed by atoms with van der Waals surface area (Å²) < 4.78 is 42.2. The molecule has 0 aliphatic heterocycles. The van der Waals surface area contributed by atoms with Gasteiger partial charge in [0.2, 0.25) is 0 Å². The minimum atomic E-state index is -4.40. The molecule has 0 unspecified atom stereocenters. The van der Waals surface area contributed by atoms with Crippen molar-refractivity contribution in [3.63, 3.8) is 0 Å². The second-order valence-electron chi connectivity index (χ2n) is 2.82. The average Bonchev–Trinajstić information content (AvgIpc) is 2.16. The summed E-state index contributed by atoms with van der Waals surface area (Å²) in [5.74, 6) is 2.30. The Labute approximate surface area is 85.9 Å². The highest BCUT2D eigenvalue weighted by Crippen LogP contribution is 2.32. The minimum Gasteiger partial charge on any atom is -0.494 e. The van der Waals surface area contributed by atoms with E-state index in [1.807, 2.05) is 0 Å². The molecule has 0 atom stereocenters. The van der Waals surface area contributed by atoms with Crippen molar-refractivity contribution in [1.29, 1.82) is 0 Å². The van der Waals surface area contributed by atoms with Gasteiger partial charge in [0.15, 0.2) is 0 Å². The molecule has 0 amide bonds. The lowest BCUT2D eigenvalue weighted by Crippen LogP contribution is -2.06. The molecule has 0 radical (unpaired) electrons. The topological polar surface area (TPSA) is 9.23 Å². The van der Waals surface area contributed by atoms with E-state index in [1.165, 1.54) is 6.07 Å². The SMILES string of the molecule is C#Cc1cc(OCC)cc(C(F)(F)F)c1. The van der Waals surface area contributed by atoms with E-state index in [9.17, 15) is 13.2 Å². The predicted molar refractivity (Wildman–Crippen MR) is 50.5 cm³/mol. The number of rotatable bonds is 2. The van der Waals surface area contributed by atoms with Crippen LogP contribution >= 0.6 is 0 Å². The summed E-state index contributed by atoms with van der Waals surface area (Å²) in [5, 5.41) is 0. The second-order valence-corrected chi connectivity index (χ2v) is 2.82. The maximum Gasteiger partial charge on any atom is 0.416 e. The molecule has 0 saturated heterocycles. The fourth-order valence-corrected chi connectivity index (χ4v) is 1.10. The van der Waals surface area contributed by atoms with Crippen LogP contribution in [0, 0.1) is 12.3 Å². The number of hydrogen-bond acceptors (Lipinski definition) is 1. The van der Waals surface area contributed by atoms with E-state index in [4.69, 9.17) is 11.2 Å². The van der Waals surface area contributed by atoms with Crippen LogP contribution < -0.4 is 4.74 Å². The second kappa shape index (κ2) is 4.26. The predicted octanol–water partition coefficient (Wildman–Crippen LogP) is 3.09. The number of benzene rings is 1. The number of alkyl halides is 3. The number of ether oxygens (including phenoxy) is 1. The summed E-state index contributed by atoms with van der Waals surface area (Å²) in [5.41, 5.74) is -0.630. The van der Waals surface area contributed by atoms with E-state index >= 15 is 0 Å². The van der Waals surface area contributed by atoms with Gasteiger partial charge in [0, 0.05) is 5.56 Å². The van der Waals surface area contributed by atoms with Crippen molar-refractivity contribution < 1.29 is 17.9 Å². The molecule has 0 aliphatic rings. The molecule has 4 heteroatoms. The first-order valence-corrected chi connectivity index (χ1v) is 4.29. The Balaban J connectivity index is 3.19. The van der Waals surface area contributed by atoms with Gasteiger partial charge in [-0.3, -0.25) is 0 Å². The molecule has 1 aromatic carbocycles. The van der Waals surface area contributed by atoms with Crippen molar-refractivity contribution in [2.24, 2.45) is 0 Å². The molecular formula is C11H9F3O. The molecule has 80 valence electrons. The van der Waals surface area contributed by atoms with Gasteiger partial charge in [0.05, 0.1) is 12.2 Å². The standard InChI is InChI=1S/C11H9F3O/c1-3-8-5-9(11(12,13)14)7-10(6-8)15-4-2/h1,5-7H,4H2,2H3. The summed E-state index contributed by atoms with van der Waals surface area (Å²) in [6.45, 7) is 1.99. The summed E-state index contributed by atoms with van der Waals surface area (Å²) in [7, 11) is 0. The summed E-state index contributed by atoms with van der Waals surface area (Å²) >= 11 is 0. The highest BCUT2D eigenvalue weighted by atomic mass is 19.4. The van der Waals surface area contributed by atoms with E-state index in [1.54, 1.807) is 6.92 Å². The molecule has 0 fully saturated rings. The molecule has 1 nitrogen and oxygen atoms in total. The van der Waals surface area contributed by atoms with Crippen LogP contribution in [0.5, 0.6) is 5.75 Å². The van der Waals surface area contributed by atoms with E-state index in [0.717, 1.165) is 12.1 Å². The first-order chi connectivity index (χ1) is 6.97. The van der Waals surface area contributed by atoms with Gasteiger partial charge in [0.1, 0.15) is 5.75 Å². The maximum atomic E-state index is 12.4. The summed E-state index contributed by atoms with van der Waals surface area (Å²) in [4.78, 5) is 0. The molecule has 1 aromatic rings. The Morgan fingerprint density at radius 2 is 2.00 bits per heavy atom. The Morgan fingerprint density at radius 1 is 1.33 bits per heavy atom. The minimum absolute atomic E-state index is 0.139. The monoisotopic (exact) mass is 214 g/mol. The lowest BCUT2D eigenvalue weighted by Gasteiger charge is -2.10. The first kappa shape index (κ1) is 11.4. The van der Waals surface area contributed by atoms with E-state index in [-0.39, 0.29) is 11.3 Å². The van der Waals surface area contributed by atoms with Crippen molar-refractivity contribution in [3.8, 4) is 18.1 Å². The van der Waals surface area contributed by atoms with Gasteiger partial charge in [-0.2, -0.15) is 13.2 Å². The van der Waals surface area contributed by atoms with Gasteiger partial charge in [0.25, 0.3) is 0 Å². The third kappa shape index (κ3) is 2.91. The van der Waals surface area contributed by atoms with Crippen LogP contribution in [0.3, 0.4) is 0 Å². The quantitative estimate of drug-likeness (QED) is 0.687. The van der Waals surface area contributed by atoms with Gasteiger partial charge in [-0.05, 0) is 25.1 Å². The molecule has 0 spiro atoms. The Kier molecular flexibility index (Phi) is 3.25. The van der Waals surface area contributed by atoms with Crippen LogP contribution in [0.15, 0.2) is 18.2 Å². The van der Waals surface area contributed by atoms with Crippen molar-refractivity contribution in [2.45, 2.75) is 13.1 Å². The van der Waals surface area contributed by atoms with Gasteiger partial charge in [-0.25, -0.2) is 0 Å². The molecular weight excluding hydrogens is 205 g/mol. The Morgan fingerprint density at radius 3 is 2.47 bits per heavy atom. The summed E-state index contributed by atoms with van der Waals surface area (Å²) in [6.07, 6.45) is 0.650. The van der Waals surface area contributed by atoms with Crippen LogP contribution in [0.4, 0.5) is 13.2 Å². The zero-order chi connectivity index (χ0) is 11.5. The fourth-order valence-electron chi connectivity index (χ4n) is 1.10. The van der Waals surface area contributed by atoms with Crippen LogP contribution in [0.1, 0.15) is 18.1 Å². The normalized spacial score (nSPS) is 10.9. The average molecular weight is 214 g/mol. The summed E-state index contributed by atoms with van der Waals surface area (Å²) in [6, 6.07) is 3.26. The highest BCUT2D eigenvalue weighted by molar-refractivity contribution is 5.43. The number of halogens is 3.